The molecule has 4 aromatic heterocycles. The molecule has 0 saturated carbocycles. The van der Waals surface area contributed by atoms with Crippen molar-refractivity contribution in [3.05, 3.63) is 179 Å². The Kier molecular flexibility index (Phi) is 17.4. The maximum absolute atomic E-state index is 13.4. The van der Waals surface area contributed by atoms with Crippen molar-refractivity contribution in [2.75, 3.05) is 39.4 Å². The Balaban J connectivity index is 0.000000216. The number of amides is 2. The molecule has 18 heteroatoms. The summed E-state index contributed by atoms with van der Waals surface area (Å²) in [6.07, 6.45) is -3.04. The molecule has 0 unspecified atom stereocenters. The molecule has 74 heavy (non-hydrogen) atoms. The number of aromatic nitrogens is 4. The number of aryl methyl sites for hydroxylation is 2. The summed E-state index contributed by atoms with van der Waals surface area (Å²) in [6, 6.07) is 32.1. The molecule has 8 rings (SSSR count). The fraction of sp³-hybridized carbons (Fsp3) is 0.393. The van der Waals surface area contributed by atoms with Gasteiger partial charge in [0.1, 0.15) is 24.3 Å². The molecule has 2 saturated heterocycles. The number of alkyl halides is 6. The molecule has 12 nitrogen and oxygen atoms in total. The van der Waals surface area contributed by atoms with Crippen molar-refractivity contribution in [3.8, 4) is 11.8 Å². The molecule has 392 valence electrons. The first-order valence-corrected chi connectivity index (χ1v) is 24.4. The first kappa shape index (κ1) is 54.8. The molecular weight excluding hydrogens is 963 g/mol. The summed E-state index contributed by atoms with van der Waals surface area (Å²) >= 11 is 0. The van der Waals surface area contributed by atoms with Crippen molar-refractivity contribution in [2.45, 2.75) is 90.9 Å². The van der Waals surface area contributed by atoms with E-state index in [9.17, 15) is 35.9 Å². The van der Waals surface area contributed by atoms with E-state index in [1.54, 1.807) is 27.7 Å². The second kappa shape index (κ2) is 23.5. The van der Waals surface area contributed by atoms with Crippen LogP contribution in [0.25, 0.3) is 0 Å². The zero-order chi connectivity index (χ0) is 53.3. The lowest BCUT2D eigenvalue weighted by molar-refractivity contribution is -0.141. The van der Waals surface area contributed by atoms with Crippen LogP contribution in [0, 0.1) is 24.7 Å². The van der Waals surface area contributed by atoms with E-state index in [2.05, 4.69) is 64.6 Å². The Labute approximate surface area is 428 Å². The van der Waals surface area contributed by atoms with E-state index in [-0.39, 0.29) is 48.9 Å². The largest absolute Gasteiger partial charge is 0.476 e. The molecular formula is C56H62F6N8O4. The Morgan fingerprint density at radius 2 is 0.905 bits per heavy atom. The molecule has 0 spiro atoms. The number of likely N-dealkylation sites (tertiary alicyclic amines) is 2. The van der Waals surface area contributed by atoms with Gasteiger partial charge in [-0.1, -0.05) is 72.8 Å². The number of carbonyl (C=O) groups is 2. The number of rotatable bonds is 16. The third kappa shape index (κ3) is 14.6. The van der Waals surface area contributed by atoms with Crippen LogP contribution < -0.4 is 20.1 Å². The lowest BCUT2D eigenvalue weighted by Gasteiger charge is -2.28. The number of ether oxygens (including phenoxy) is 2. The summed E-state index contributed by atoms with van der Waals surface area (Å²) in [5, 5.41) is 6.30. The molecule has 2 fully saturated rings. The van der Waals surface area contributed by atoms with Crippen LogP contribution in [-0.2, 0) is 35.0 Å². The molecule has 2 N–H and O–H groups in total. The van der Waals surface area contributed by atoms with Crippen LogP contribution in [0.5, 0.6) is 11.8 Å². The summed E-state index contributed by atoms with van der Waals surface area (Å²) in [7, 11) is 0. The van der Waals surface area contributed by atoms with Crippen molar-refractivity contribution >= 4 is 11.8 Å². The summed E-state index contributed by atoms with van der Waals surface area (Å²) in [4.78, 5) is 47.6. The summed E-state index contributed by atoms with van der Waals surface area (Å²) < 4.78 is 90.7. The fourth-order valence-electron chi connectivity index (χ4n) is 8.88. The highest BCUT2D eigenvalue weighted by Crippen LogP contribution is 2.38. The minimum Gasteiger partial charge on any atom is -0.476 e. The lowest BCUT2D eigenvalue weighted by atomic mass is 9.90. The molecule has 2 aliphatic rings. The maximum atomic E-state index is 13.4. The Morgan fingerprint density at radius 1 is 0.527 bits per heavy atom. The highest BCUT2D eigenvalue weighted by Gasteiger charge is 2.42. The van der Waals surface area contributed by atoms with Crippen LogP contribution >= 0.6 is 0 Å². The lowest BCUT2D eigenvalue weighted by Crippen LogP contribution is -2.48. The number of hydrogen-bond acceptors (Lipinski definition) is 10. The van der Waals surface area contributed by atoms with E-state index in [4.69, 9.17) is 9.47 Å². The van der Waals surface area contributed by atoms with Crippen molar-refractivity contribution in [3.63, 3.8) is 0 Å². The van der Waals surface area contributed by atoms with Gasteiger partial charge in [-0.25, -0.2) is 9.97 Å². The van der Waals surface area contributed by atoms with E-state index in [1.807, 2.05) is 86.9 Å². The van der Waals surface area contributed by atoms with Crippen LogP contribution in [0.1, 0.15) is 84.3 Å². The van der Waals surface area contributed by atoms with Gasteiger partial charge in [-0.05, 0) is 100 Å². The second-order valence-electron chi connectivity index (χ2n) is 20.3. The molecule has 0 aliphatic carbocycles. The first-order valence-electron chi connectivity index (χ1n) is 24.4. The maximum Gasteiger partial charge on any atom is 0.421 e. The van der Waals surface area contributed by atoms with Crippen molar-refractivity contribution in [1.82, 2.24) is 40.4 Å². The summed E-state index contributed by atoms with van der Waals surface area (Å²) in [5.74, 6) is -1.62. The molecule has 2 aromatic carbocycles. The van der Waals surface area contributed by atoms with Crippen LogP contribution in [-0.4, -0.2) is 93.0 Å². The SMILES string of the molecule is Cc1ccc([C@@H]2CN(Cc3ccccc3)C[C@H]2NC(=O)C(C)(C)COc2ncccc2C(F)(F)F)cn1.Cc1ccc([C@H]2CN(Cc3ccccc3)C[C@@H]2NC(=O)C(C)(C)COc2ncccc2C(F)(F)F)cn1. The Bertz CT molecular complexity index is 2590. The van der Waals surface area contributed by atoms with E-state index < -0.39 is 46.1 Å². The molecule has 0 radical (unpaired) electrons. The highest BCUT2D eigenvalue weighted by molar-refractivity contribution is 5.83. The Morgan fingerprint density at radius 3 is 1.24 bits per heavy atom. The molecule has 6 heterocycles. The predicted molar refractivity (Wildman–Crippen MR) is 268 cm³/mol. The second-order valence-corrected chi connectivity index (χ2v) is 20.3. The molecule has 2 amide bonds. The average molecular weight is 1030 g/mol. The molecule has 0 bridgehead atoms. The van der Waals surface area contributed by atoms with Crippen molar-refractivity contribution in [2.24, 2.45) is 10.8 Å². The third-order valence-electron chi connectivity index (χ3n) is 13.2. The van der Waals surface area contributed by atoms with Gasteiger partial charge in [-0.15, -0.1) is 0 Å². The monoisotopic (exact) mass is 1020 g/mol. The van der Waals surface area contributed by atoms with E-state index in [0.717, 1.165) is 60.8 Å². The van der Waals surface area contributed by atoms with Crippen LogP contribution in [0.4, 0.5) is 26.3 Å². The van der Waals surface area contributed by atoms with Gasteiger partial charge in [0.2, 0.25) is 23.6 Å². The minimum absolute atomic E-state index is 0.0186. The summed E-state index contributed by atoms with van der Waals surface area (Å²) in [6.45, 7) is 14.2. The van der Waals surface area contributed by atoms with Gasteiger partial charge in [0.05, 0.1) is 10.8 Å². The molecule has 4 atom stereocenters. The zero-order valence-electron chi connectivity index (χ0n) is 42.3. The minimum atomic E-state index is -4.60. The first-order chi connectivity index (χ1) is 35.1. The average Bonchev–Trinajstić information content (AvgIpc) is 3.96. The van der Waals surface area contributed by atoms with E-state index in [0.29, 0.717) is 13.1 Å². The van der Waals surface area contributed by atoms with Crippen LogP contribution in [0.3, 0.4) is 0 Å². The van der Waals surface area contributed by atoms with Gasteiger partial charge in [0.25, 0.3) is 0 Å². The van der Waals surface area contributed by atoms with Crippen LogP contribution in [0.2, 0.25) is 0 Å². The third-order valence-corrected chi connectivity index (χ3v) is 13.2. The van der Waals surface area contributed by atoms with Crippen molar-refractivity contribution < 1.29 is 45.4 Å². The smallest absolute Gasteiger partial charge is 0.421 e. The van der Waals surface area contributed by atoms with E-state index >= 15 is 0 Å². The van der Waals surface area contributed by atoms with Gasteiger partial charge in [-0.2, -0.15) is 26.3 Å². The van der Waals surface area contributed by atoms with Gasteiger partial charge in [-0.3, -0.25) is 29.4 Å². The van der Waals surface area contributed by atoms with Gasteiger partial charge in [0, 0.05) is 99.4 Å². The van der Waals surface area contributed by atoms with Gasteiger partial charge >= 0.3 is 12.4 Å². The van der Waals surface area contributed by atoms with Crippen molar-refractivity contribution in [1.29, 1.82) is 0 Å². The number of halogens is 6. The number of nitrogens with one attached hydrogen (secondary N) is 2. The fourth-order valence-corrected chi connectivity index (χ4v) is 8.88. The summed E-state index contributed by atoms with van der Waals surface area (Å²) in [5.41, 5.74) is 2.12. The predicted octanol–water partition coefficient (Wildman–Crippen LogP) is 9.99. The van der Waals surface area contributed by atoms with Gasteiger partial charge in [0.15, 0.2) is 0 Å². The number of benzene rings is 2. The van der Waals surface area contributed by atoms with E-state index in [1.165, 1.54) is 35.7 Å². The number of hydrogen-bond donors (Lipinski definition) is 2. The molecule has 2 aliphatic heterocycles. The quantitative estimate of drug-likeness (QED) is 0.0903. The van der Waals surface area contributed by atoms with Crippen LogP contribution in [0.15, 0.2) is 134 Å². The highest BCUT2D eigenvalue weighted by atomic mass is 19.4. The normalized spacial score (nSPS) is 18.5. The zero-order valence-corrected chi connectivity index (χ0v) is 42.3. The number of nitrogens with zero attached hydrogens (tertiary/aromatic N) is 6. The topological polar surface area (TPSA) is 135 Å². The standard InChI is InChI=1S/2C28H31F3N4O2/c2*1-19-11-12-21(14-33-19)22-16-35(15-20-8-5-4-6-9-20)17-24(22)34-26(36)27(2,3)18-37-25-23(28(29,30)31)10-7-13-32-25/h2*4-14,22,24H,15-18H2,1-3H3,(H,34,36)/t2*22-,24+/m10/s1. The number of pyridine rings is 4. The van der Waals surface area contributed by atoms with Gasteiger partial charge < -0.3 is 20.1 Å². The number of carbonyl (C=O) groups excluding carboxylic acids is 2. The molecule has 6 aromatic rings. The Hall–Kier alpha value is -6.92.